The van der Waals surface area contributed by atoms with Crippen molar-refractivity contribution < 1.29 is 4.74 Å². The van der Waals surface area contributed by atoms with E-state index in [-0.39, 0.29) is 0 Å². The second-order valence-corrected chi connectivity index (χ2v) is 5.88. The molecule has 0 atom stereocenters. The zero-order valence-corrected chi connectivity index (χ0v) is 13.2. The van der Waals surface area contributed by atoms with Crippen LogP contribution in [0, 0.1) is 0 Å². The monoisotopic (exact) mass is 296 g/mol. The van der Waals surface area contributed by atoms with Gasteiger partial charge in [0.2, 0.25) is 0 Å². The Kier molecular flexibility index (Phi) is 4.96. The molecule has 1 heterocycles. The molecule has 2 aromatic rings. The van der Waals surface area contributed by atoms with E-state index in [1.165, 1.54) is 18.4 Å². The Labute approximate surface area is 132 Å². The van der Waals surface area contributed by atoms with Crippen LogP contribution in [0.2, 0.25) is 0 Å². The first kappa shape index (κ1) is 14.9. The van der Waals surface area contributed by atoms with Crippen LogP contribution >= 0.6 is 0 Å². The maximum Gasteiger partial charge on any atom is 0.141 e. The second kappa shape index (κ2) is 7.32. The number of piperidine rings is 1. The van der Waals surface area contributed by atoms with Crippen LogP contribution in [-0.2, 0) is 6.54 Å². The number of nitrogens with one attached hydrogen (secondary N) is 1. The van der Waals surface area contributed by atoms with E-state index in [4.69, 9.17) is 4.74 Å². The fraction of sp³-hybridized carbons (Fsp3) is 0.368. The van der Waals surface area contributed by atoms with E-state index in [9.17, 15) is 0 Å². The number of nitrogens with zero attached hydrogens (tertiary/aromatic N) is 1. The van der Waals surface area contributed by atoms with Crippen molar-refractivity contribution in [2.45, 2.75) is 25.4 Å². The normalized spacial score (nSPS) is 16.4. The van der Waals surface area contributed by atoms with Crippen molar-refractivity contribution in [2.75, 3.05) is 25.5 Å². The first-order valence-corrected chi connectivity index (χ1v) is 8.01. The summed E-state index contributed by atoms with van der Waals surface area (Å²) in [5.74, 6) is 0.925. The van der Waals surface area contributed by atoms with Crippen molar-refractivity contribution in [3.8, 4) is 5.75 Å². The Morgan fingerprint density at radius 1 is 1.00 bits per heavy atom. The topological polar surface area (TPSA) is 24.5 Å². The molecule has 0 aliphatic carbocycles. The van der Waals surface area contributed by atoms with E-state index in [2.05, 4.69) is 52.7 Å². The molecule has 1 fully saturated rings. The van der Waals surface area contributed by atoms with Crippen molar-refractivity contribution >= 4 is 5.69 Å². The van der Waals surface area contributed by atoms with Crippen LogP contribution in [0.15, 0.2) is 54.6 Å². The minimum atomic E-state index is 0.531. The smallest absolute Gasteiger partial charge is 0.141 e. The SMILES string of the molecule is COc1ccccc1NC1CCN(Cc2ccccc2)CC1. The fourth-order valence-electron chi connectivity index (χ4n) is 3.06. The highest BCUT2D eigenvalue weighted by Crippen LogP contribution is 2.26. The number of hydrogen-bond acceptors (Lipinski definition) is 3. The van der Waals surface area contributed by atoms with Gasteiger partial charge in [-0.15, -0.1) is 0 Å². The predicted molar refractivity (Wildman–Crippen MR) is 91.4 cm³/mol. The Hall–Kier alpha value is -2.00. The molecule has 0 saturated carbocycles. The molecule has 22 heavy (non-hydrogen) atoms. The number of hydrogen-bond donors (Lipinski definition) is 1. The van der Waals surface area contributed by atoms with Gasteiger partial charge in [0.25, 0.3) is 0 Å². The first-order chi connectivity index (χ1) is 10.8. The van der Waals surface area contributed by atoms with Crippen molar-refractivity contribution in [1.82, 2.24) is 4.90 Å². The zero-order chi connectivity index (χ0) is 15.2. The third-order valence-corrected chi connectivity index (χ3v) is 4.30. The number of anilines is 1. The van der Waals surface area contributed by atoms with Crippen LogP contribution in [-0.4, -0.2) is 31.1 Å². The highest BCUT2D eigenvalue weighted by Gasteiger charge is 2.19. The number of likely N-dealkylation sites (tertiary alicyclic amines) is 1. The second-order valence-electron chi connectivity index (χ2n) is 5.88. The Morgan fingerprint density at radius 3 is 2.41 bits per heavy atom. The molecule has 1 aliphatic heterocycles. The molecule has 1 N–H and O–H groups in total. The van der Waals surface area contributed by atoms with Gasteiger partial charge in [-0.2, -0.15) is 0 Å². The van der Waals surface area contributed by atoms with Gasteiger partial charge in [0.05, 0.1) is 12.8 Å². The summed E-state index contributed by atoms with van der Waals surface area (Å²) in [7, 11) is 1.73. The van der Waals surface area contributed by atoms with Crippen LogP contribution in [0.25, 0.3) is 0 Å². The quantitative estimate of drug-likeness (QED) is 0.909. The maximum atomic E-state index is 5.41. The van der Waals surface area contributed by atoms with E-state index >= 15 is 0 Å². The van der Waals surface area contributed by atoms with Crippen LogP contribution in [0.3, 0.4) is 0 Å². The van der Waals surface area contributed by atoms with Gasteiger partial charge in [0.1, 0.15) is 5.75 Å². The number of ether oxygens (including phenoxy) is 1. The average molecular weight is 296 g/mol. The summed E-state index contributed by atoms with van der Waals surface area (Å²) in [5.41, 5.74) is 2.50. The number of rotatable bonds is 5. The van der Waals surface area contributed by atoms with Gasteiger partial charge >= 0.3 is 0 Å². The molecule has 116 valence electrons. The minimum Gasteiger partial charge on any atom is -0.495 e. The Morgan fingerprint density at radius 2 is 1.68 bits per heavy atom. The number of methoxy groups -OCH3 is 1. The largest absolute Gasteiger partial charge is 0.495 e. The van der Waals surface area contributed by atoms with Crippen molar-refractivity contribution in [1.29, 1.82) is 0 Å². The fourth-order valence-corrected chi connectivity index (χ4v) is 3.06. The third-order valence-electron chi connectivity index (χ3n) is 4.30. The van der Waals surface area contributed by atoms with E-state index in [1.54, 1.807) is 7.11 Å². The van der Waals surface area contributed by atoms with Crippen LogP contribution in [0.1, 0.15) is 18.4 Å². The van der Waals surface area contributed by atoms with Gasteiger partial charge in [-0.3, -0.25) is 4.90 Å². The van der Waals surface area contributed by atoms with Gasteiger partial charge in [-0.1, -0.05) is 42.5 Å². The highest BCUT2D eigenvalue weighted by atomic mass is 16.5. The summed E-state index contributed by atoms with van der Waals surface area (Å²) in [6.07, 6.45) is 2.34. The molecule has 0 radical (unpaired) electrons. The molecular formula is C19H24N2O. The zero-order valence-electron chi connectivity index (χ0n) is 13.2. The molecule has 0 aromatic heterocycles. The lowest BCUT2D eigenvalue weighted by Gasteiger charge is -2.33. The Balaban J connectivity index is 1.51. The van der Waals surface area contributed by atoms with E-state index in [1.807, 2.05) is 12.1 Å². The minimum absolute atomic E-state index is 0.531. The third kappa shape index (κ3) is 3.80. The standard InChI is InChI=1S/C19H24N2O/c1-22-19-10-6-5-9-18(19)20-17-11-13-21(14-12-17)15-16-7-3-2-4-8-16/h2-10,17,20H,11-15H2,1H3. The number of para-hydroxylation sites is 2. The lowest BCUT2D eigenvalue weighted by molar-refractivity contribution is 0.211. The van der Waals surface area contributed by atoms with Crippen molar-refractivity contribution in [3.63, 3.8) is 0 Å². The molecule has 0 unspecified atom stereocenters. The summed E-state index contributed by atoms with van der Waals surface area (Å²) in [6.45, 7) is 3.34. The van der Waals surface area contributed by atoms with Gasteiger partial charge in [0.15, 0.2) is 0 Å². The molecule has 1 aliphatic rings. The molecule has 1 saturated heterocycles. The molecule has 0 amide bonds. The van der Waals surface area contributed by atoms with E-state index in [0.29, 0.717) is 6.04 Å². The van der Waals surface area contributed by atoms with Crippen LogP contribution in [0.4, 0.5) is 5.69 Å². The maximum absolute atomic E-state index is 5.41. The first-order valence-electron chi connectivity index (χ1n) is 8.01. The molecule has 2 aromatic carbocycles. The number of benzene rings is 2. The lowest BCUT2D eigenvalue weighted by atomic mass is 10.0. The lowest BCUT2D eigenvalue weighted by Crippen LogP contribution is -2.38. The van der Waals surface area contributed by atoms with Gasteiger partial charge < -0.3 is 10.1 Å². The molecule has 0 spiro atoms. The van der Waals surface area contributed by atoms with Crippen LogP contribution < -0.4 is 10.1 Å². The van der Waals surface area contributed by atoms with Gasteiger partial charge in [-0.25, -0.2) is 0 Å². The van der Waals surface area contributed by atoms with Crippen molar-refractivity contribution in [3.05, 3.63) is 60.2 Å². The molecule has 3 nitrogen and oxygen atoms in total. The molecule has 0 bridgehead atoms. The van der Waals surface area contributed by atoms with E-state index < -0.39 is 0 Å². The van der Waals surface area contributed by atoms with Crippen LogP contribution in [0.5, 0.6) is 5.75 Å². The average Bonchev–Trinajstić information content (AvgIpc) is 2.58. The van der Waals surface area contributed by atoms with Gasteiger partial charge in [0, 0.05) is 25.7 Å². The van der Waals surface area contributed by atoms with Crippen molar-refractivity contribution in [2.24, 2.45) is 0 Å². The van der Waals surface area contributed by atoms with Gasteiger partial charge in [-0.05, 0) is 30.5 Å². The summed E-state index contributed by atoms with van der Waals surface area (Å²) in [4.78, 5) is 2.54. The Bertz CT molecular complexity index is 577. The molecule has 3 heteroatoms. The highest BCUT2D eigenvalue weighted by molar-refractivity contribution is 5.56. The summed E-state index contributed by atoms with van der Waals surface area (Å²) >= 11 is 0. The summed E-state index contributed by atoms with van der Waals surface area (Å²) in [6, 6.07) is 19.4. The molecule has 3 rings (SSSR count). The van der Waals surface area contributed by atoms with E-state index in [0.717, 1.165) is 31.1 Å². The predicted octanol–water partition coefficient (Wildman–Crippen LogP) is 3.77. The summed E-state index contributed by atoms with van der Waals surface area (Å²) in [5, 5.41) is 3.63. The summed E-state index contributed by atoms with van der Waals surface area (Å²) < 4.78 is 5.41. The molecular weight excluding hydrogens is 272 g/mol.